The Bertz CT molecular complexity index is 1030. The highest BCUT2D eigenvalue weighted by Crippen LogP contribution is 2.17. The van der Waals surface area contributed by atoms with E-state index >= 15 is 0 Å². The van der Waals surface area contributed by atoms with E-state index in [0.717, 1.165) is 42.2 Å². The molecule has 0 radical (unpaired) electrons. The molecule has 0 unspecified atom stereocenters. The standard InChI is InChI=1S/C24H32N6O.HI/c1-4-25-24(26-13-12-19-16-27-22-11-6-5-10-21(19)22)28-15-18-8-7-9-20(14-18)29-23(31)17-30(2)3;/h5-11,14,16,27H,4,12-13,15,17H2,1-3H3,(H,29,31)(H2,25,26,28);1H. The number of aromatic amines is 1. The molecule has 0 bridgehead atoms. The number of guanidine groups is 1. The average Bonchev–Trinajstić information content (AvgIpc) is 3.15. The number of carbonyl (C=O) groups excluding carboxylic acids is 1. The van der Waals surface area contributed by atoms with Crippen molar-refractivity contribution in [3.63, 3.8) is 0 Å². The maximum atomic E-state index is 12.0. The molecule has 8 heteroatoms. The third-order valence-electron chi connectivity index (χ3n) is 4.80. The summed E-state index contributed by atoms with van der Waals surface area (Å²) in [5.41, 5.74) is 4.28. The Kier molecular flexibility index (Phi) is 10.5. The van der Waals surface area contributed by atoms with E-state index in [-0.39, 0.29) is 29.9 Å². The molecule has 0 aliphatic rings. The minimum absolute atomic E-state index is 0. The summed E-state index contributed by atoms with van der Waals surface area (Å²) in [6.07, 6.45) is 2.98. The van der Waals surface area contributed by atoms with Gasteiger partial charge in [-0.1, -0.05) is 30.3 Å². The van der Waals surface area contributed by atoms with Crippen LogP contribution in [0.2, 0.25) is 0 Å². The molecule has 7 nitrogen and oxygen atoms in total. The Labute approximate surface area is 207 Å². The van der Waals surface area contributed by atoms with Crippen molar-refractivity contribution < 1.29 is 4.79 Å². The molecule has 0 fully saturated rings. The number of aromatic nitrogens is 1. The number of hydrogen-bond donors (Lipinski definition) is 4. The minimum atomic E-state index is -0.0297. The Balaban J connectivity index is 0.00000363. The van der Waals surface area contributed by atoms with Crippen molar-refractivity contribution >= 4 is 52.4 Å². The maximum Gasteiger partial charge on any atom is 0.238 e. The lowest BCUT2D eigenvalue weighted by atomic mass is 10.1. The number of rotatable bonds is 9. The zero-order chi connectivity index (χ0) is 22.1. The number of anilines is 1. The van der Waals surface area contributed by atoms with Gasteiger partial charge in [-0.3, -0.25) is 4.79 Å². The van der Waals surface area contributed by atoms with Crippen molar-refractivity contribution in [3.05, 3.63) is 65.9 Å². The molecule has 0 aliphatic carbocycles. The van der Waals surface area contributed by atoms with Gasteiger partial charge >= 0.3 is 0 Å². The lowest BCUT2D eigenvalue weighted by molar-refractivity contribution is -0.116. The third-order valence-corrected chi connectivity index (χ3v) is 4.80. The Morgan fingerprint density at radius 3 is 2.69 bits per heavy atom. The van der Waals surface area contributed by atoms with Gasteiger partial charge in [0, 0.05) is 35.9 Å². The van der Waals surface area contributed by atoms with Gasteiger partial charge in [0.2, 0.25) is 5.91 Å². The summed E-state index contributed by atoms with van der Waals surface area (Å²) in [6.45, 7) is 4.51. The quantitative estimate of drug-likeness (QED) is 0.187. The van der Waals surface area contributed by atoms with Crippen LogP contribution in [0.5, 0.6) is 0 Å². The van der Waals surface area contributed by atoms with Gasteiger partial charge in [-0.2, -0.15) is 0 Å². The van der Waals surface area contributed by atoms with Gasteiger partial charge in [0.25, 0.3) is 0 Å². The fourth-order valence-electron chi connectivity index (χ4n) is 3.40. The summed E-state index contributed by atoms with van der Waals surface area (Å²) in [4.78, 5) is 21.8. The molecule has 2 aromatic carbocycles. The summed E-state index contributed by atoms with van der Waals surface area (Å²) >= 11 is 0. The van der Waals surface area contributed by atoms with Gasteiger partial charge in [0.15, 0.2) is 5.96 Å². The van der Waals surface area contributed by atoms with E-state index < -0.39 is 0 Å². The first-order chi connectivity index (χ1) is 15.0. The monoisotopic (exact) mass is 548 g/mol. The molecule has 172 valence electrons. The number of amides is 1. The Morgan fingerprint density at radius 1 is 1.09 bits per heavy atom. The fraction of sp³-hybridized carbons (Fsp3) is 0.333. The van der Waals surface area contributed by atoms with Crippen LogP contribution in [0.3, 0.4) is 0 Å². The number of nitrogens with one attached hydrogen (secondary N) is 4. The average molecular weight is 548 g/mol. The Morgan fingerprint density at radius 2 is 1.91 bits per heavy atom. The van der Waals surface area contributed by atoms with Gasteiger partial charge < -0.3 is 25.8 Å². The molecule has 4 N–H and O–H groups in total. The summed E-state index contributed by atoms with van der Waals surface area (Å²) in [6, 6.07) is 16.2. The number of halogens is 1. The summed E-state index contributed by atoms with van der Waals surface area (Å²) < 4.78 is 0. The predicted molar refractivity (Wildman–Crippen MR) is 144 cm³/mol. The van der Waals surface area contributed by atoms with Crippen molar-refractivity contribution in [1.82, 2.24) is 20.5 Å². The number of fused-ring (bicyclic) bond motifs is 1. The second kappa shape index (κ2) is 13.1. The van der Waals surface area contributed by atoms with E-state index in [1.54, 1.807) is 0 Å². The number of H-pyrrole nitrogens is 1. The summed E-state index contributed by atoms with van der Waals surface area (Å²) in [5, 5.41) is 10.9. The Hall–Kier alpha value is -2.59. The number of benzene rings is 2. The molecule has 1 aromatic heterocycles. The van der Waals surface area contributed by atoms with Crippen LogP contribution in [0.1, 0.15) is 18.1 Å². The second-order valence-corrected chi connectivity index (χ2v) is 7.72. The molecule has 0 aliphatic heterocycles. The summed E-state index contributed by atoms with van der Waals surface area (Å²) in [5.74, 6) is 0.752. The van der Waals surface area contributed by atoms with E-state index in [0.29, 0.717) is 13.1 Å². The van der Waals surface area contributed by atoms with Gasteiger partial charge in [-0.25, -0.2) is 4.99 Å². The van der Waals surface area contributed by atoms with E-state index in [1.807, 2.05) is 49.3 Å². The second-order valence-electron chi connectivity index (χ2n) is 7.72. The van der Waals surface area contributed by atoms with Gasteiger partial charge in [0.1, 0.15) is 0 Å². The topological polar surface area (TPSA) is 84.6 Å². The number of hydrogen-bond acceptors (Lipinski definition) is 3. The van der Waals surface area contributed by atoms with Gasteiger partial charge in [-0.15, -0.1) is 24.0 Å². The molecule has 3 aromatic rings. The van der Waals surface area contributed by atoms with Crippen LogP contribution >= 0.6 is 24.0 Å². The van der Waals surface area contributed by atoms with Crippen LogP contribution in [0, 0.1) is 0 Å². The molecular formula is C24H33IN6O. The van der Waals surface area contributed by atoms with Crippen molar-refractivity contribution in [2.75, 3.05) is 39.0 Å². The van der Waals surface area contributed by atoms with E-state index in [2.05, 4.69) is 52.3 Å². The molecule has 3 rings (SSSR count). The molecule has 1 heterocycles. The number of nitrogens with zero attached hydrogens (tertiary/aromatic N) is 2. The normalized spacial score (nSPS) is 11.3. The fourth-order valence-corrected chi connectivity index (χ4v) is 3.40. The van der Waals surface area contributed by atoms with E-state index in [4.69, 9.17) is 4.99 Å². The zero-order valence-electron chi connectivity index (χ0n) is 18.9. The zero-order valence-corrected chi connectivity index (χ0v) is 21.3. The van der Waals surface area contributed by atoms with Crippen LogP contribution in [0.25, 0.3) is 10.9 Å². The van der Waals surface area contributed by atoms with Crippen LogP contribution in [-0.2, 0) is 17.8 Å². The SMILES string of the molecule is CCNC(=NCc1cccc(NC(=O)CN(C)C)c1)NCCc1c[nH]c2ccccc12.I. The molecule has 1 amide bonds. The van der Waals surface area contributed by atoms with Crippen LogP contribution in [0.4, 0.5) is 5.69 Å². The predicted octanol–water partition coefficient (Wildman–Crippen LogP) is 3.58. The third kappa shape index (κ3) is 7.83. The first kappa shape index (κ1) is 25.7. The first-order valence-corrected chi connectivity index (χ1v) is 10.7. The van der Waals surface area contributed by atoms with E-state index in [1.165, 1.54) is 10.9 Å². The van der Waals surface area contributed by atoms with Crippen molar-refractivity contribution in [1.29, 1.82) is 0 Å². The van der Waals surface area contributed by atoms with Crippen LogP contribution < -0.4 is 16.0 Å². The van der Waals surface area contributed by atoms with Crippen molar-refractivity contribution in [2.45, 2.75) is 19.9 Å². The van der Waals surface area contributed by atoms with Gasteiger partial charge in [0.05, 0.1) is 13.1 Å². The number of aliphatic imine (C=N–C) groups is 1. The van der Waals surface area contributed by atoms with E-state index in [9.17, 15) is 4.79 Å². The highest BCUT2D eigenvalue weighted by molar-refractivity contribution is 14.0. The van der Waals surface area contributed by atoms with Crippen molar-refractivity contribution in [2.24, 2.45) is 4.99 Å². The largest absolute Gasteiger partial charge is 0.361 e. The maximum absolute atomic E-state index is 12.0. The molecule has 0 spiro atoms. The number of carbonyl (C=O) groups is 1. The van der Waals surface area contributed by atoms with Gasteiger partial charge in [-0.05, 0) is 56.8 Å². The summed E-state index contributed by atoms with van der Waals surface area (Å²) in [7, 11) is 3.75. The molecular weight excluding hydrogens is 515 g/mol. The lowest BCUT2D eigenvalue weighted by Gasteiger charge is -2.12. The lowest BCUT2D eigenvalue weighted by Crippen LogP contribution is -2.38. The highest BCUT2D eigenvalue weighted by atomic mass is 127. The molecule has 0 saturated carbocycles. The van der Waals surface area contributed by atoms with Crippen molar-refractivity contribution in [3.8, 4) is 0 Å². The molecule has 32 heavy (non-hydrogen) atoms. The molecule has 0 saturated heterocycles. The molecule has 0 atom stereocenters. The minimum Gasteiger partial charge on any atom is -0.361 e. The van der Waals surface area contributed by atoms with Crippen LogP contribution in [-0.4, -0.2) is 55.5 Å². The first-order valence-electron chi connectivity index (χ1n) is 10.7. The van der Waals surface area contributed by atoms with Crippen LogP contribution in [0.15, 0.2) is 59.7 Å². The number of para-hydroxylation sites is 1. The smallest absolute Gasteiger partial charge is 0.238 e. The number of likely N-dealkylation sites (N-methyl/N-ethyl adjacent to an activating group) is 1. The highest BCUT2D eigenvalue weighted by Gasteiger charge is 2.06.